The summed E-state index contributed by atoms with van der Waals surface area (Å²) in [5.74, 6) is 0. The Hall–Kier alpha value is -3.46. The van der Waals surface area contributed by atoms with Crippen LogP contribution in [0.4, 0.5) is 0 Å². The Bertz CT molecular complexity index is 1240. The molecule has 5 rings (SSSR count). The van der Waals surface area contributed by atoms with E-state index in [1.54, 1.807) is 0 Å². The second-order valence-corrected chi connectivity index (χ2v) is 6.80. The first-order chi connectivity index (χ1) is 13.3. The van der Waals surface area contributed by atoms with Crippen LogP contribution in [-0.4, -0.2) is 14.8 Å². The van der Waals surface area contributed by atoms with Gasteiger partial charge in [0.05, 0.1) is 23.4 Å². The first-order valence-corrected chi connectivity index (χ1v) is 9.16. The first-order valence-electron chi connectivity index (χ1n) is 9.16. The Morgan fingerprint density at radius 2 is 1.37 bits per heavy atom. The lowest BCUT2D eigenvalue weighted by Gasteiger charge is -2.10. The van der Waals surface area contributed by atoms with Gasteiger partial charge in [0.15, 0.2) is 0 Å². The van der Waals surface area contributed by atoms with Crippen LogP contribution < -0.4 is 0 Å². The average molecular weight is 349 g/mol. The summed E-state index contributed by atoms with van der Waals surface area (Å²) in [5.41, 5.74) is 6.42. The second kappa shape index (κ2) is 6.36. The van der Waals surface area contributed by atoms with Crippen molar-refractivity contribution in [2.24, 2.45) is 0 Å². The normalized spacial score (nSPS) is 11.3. The molecule has 0 amide bonds. The molecule has 3 heteroatoms. The van der Waals surface area contributed by atoms with E-state index in [4.69, 9.17) is 10.1 Å². The van der Waals surface area contributed by atoms with Crippen molar-refractivity contribution < 1.29 is 0 Å². The molecule has 130 valence electrons. The Labute approximate surface area is 157 Å². The molecule has 0 spiro atoms. The summed E-state index contributed by atoms with van der Waals surface area (Å²) in [7, 11) is 0. The largest absolute Gasteiger partial charge is 0.258 e. The highest BCUT2D eigenvalue weighted by atomic mass is 15.3. The highest BCUT2D eigenvalue weighted by Crippen LogP contribution is 2.33. The summed E-state index contributed by atoms with van der Waals surface area (Å²) in [4.78, 5) is 5.05. The number of fused-ring (bicyclic) bond motifs is 3. The van der Waals surface area contributed by atoms with Crippen LogP contribution >= 0.6 is 0 Å². The summed E-state index contributed by atoms with van der Waals surface area (Å²) >= 11 is 0. The second-order valence-electron chi connectivity index (χ2n) is 6.80. The van der Waals surface area contributed by atoms with E-state index in [0.717, 1.165) is 39.9 Å². The summed E-state index contributed by atoms with van der Waals surface area (Å²) in [6, 6.07) is 29.3. The molecule has 0 saturated carbocycles. The molecular formula is C24H19N3. The molecule has 2 heterocycles. The standard InChI is InChI=1S/C24H19N3/c1-17-22-24(27(26-17)16-18-10-4-2-5-11-18)21-15-9-8-14-20(21)23(25-22)19-12-6-3-7-13-19/h2-15H,16H2,1H3. The minimum atomic E-state index is 0.738. The summed E-state index contributed by atoms with van der Waals surface area (Å²) in [6.07, 6.45) is 0. The van der Waals surface area contributed by atoms with Crippen molar-refractivity contribution in [3.8, 4) is 11.3 Å². The predicted molar refractivity (Wildman–Crippen MR) is 111 cm³/mol. The van der Waals surface area contributed by atoms with E-state index in [-0.39, 0.29) is 0 Å². The SMILES string of the molecule is Cc1nn(Cc2ccccc2)c2c1nc(-c1ccccc1)c1ccccc12. The fraction of sp³-hybridized carbons (Fsp3) is 0.0833. The van der Waals surface area contributed by atoms with E-state index < -0.39 is 0 Å². The van der Waals surface area contributed by atoms with Crippen molar-refractivity contribution in [3.63, 3.8) is 0 Å². The van der Waals surface area contributed by atoms with Crippen LogP contribution in [0.25, 0.3) is 33.1 Å². The van der Waals surface area contributed by atoms with Crippen LogP contribution in [0.3, 0.4) is 0 Å². The van der Waals surface area contributed by atoms with E-state index in [2.05, 4.69) is 77.5 Å². The van der Waals surface area contributed by atoms with Crippen LogP contribution in [0.15, 0.2) is 84.9 Å². The van der Waals surface area contributed by atoms with Crippen LogP contribution in [0.5, 0.6) is 0 Å². The minimum Gasteiger partial charge on any atom is -0.258 e. The van der Waals surface area contributed by atoms with Crippen molar-refractivity contribution in [1.82, 2.24) is 14.8 Å². The smallest absolute Gasteiger partial charge is 0.113 e. The van der Waals surface area contributed by atoms with Crippen LogP contribution in [-0.2, 0) is 6.54 Å². The quantitative estimate of drug-likeness (QED) is 0.424. The van der Waals surface area contributed by atoms with Gasteiger partial charge in [-0.25, -0.2) is 4.98 Å². The Morgan fingerprint density at radius 1 is 0.741 bits per heavy atom. The van der Waals surface area contributed by atoms with Gasteiger partial charge in [-0.2, -0.15) is 5.10 Å². The van der Waals surface area contributed by atoms with Crippen molar-refractivity contribution >= 4 is 21.8 Å². The van der Waals surface area contributed by atoms with Gasteiger partial charge in [-0.05, 0) is 12.5 Å². The van der Waals surface area contributed by atoms with E-state index in [0.29, 0.717) is 0 Å². The van der Waals surface area contributed by atoms with Gasteiger partial charge >= 0.3 is 0 Å². The van der Waals surface area contributed by atoms with Gasteiger partial charge in [0.1, 0.15) is 5.52 Å². The molecule has 27 heavy (non-hydrogen) atoms. The molecule has 0 aliphatic carbocycles. The van der Waals surface area contributed by atoms with Crippen LogP contribution in [0.1, 0.15) is 11.3 Å². The van der Waals surface area contributed by atoms with Crippen molar-refractivity contribution in [2.45, 2.75) is 13.5 Å². The van der Waals surface area contributed by atoms with Gasteiger partial charge in [0.25, 0.3) is 0 Å². The predicted octanol–water partition coefficient (Wildman–Crippen LogP) is 5.61. The molecule has 0 radical (unpaired) electrons. The Balaban J connectivity index is 1.81. The van der Waals surface area contributed by atoms with Gasteiger partial charge in [-0.3, -0.25) is 4.68 Å². The van der Waals surface area contributed by atoms with Gasteiger partial charge in [0.2, 0.25) is 0 Å². The lowest BCUT2D eigenvalue weighted by molar-refractivity contribution is 0.705. The maximum atomic E-state index is 5.05. The number of nitrogens with zero attached hydrogens (tertiary/aromatic N) is 3. The highest BCUT2D eigenvalue weighted by molar-refractivity contribution is 6.09. The molecule has 0 atom stereocenters. The molecule has 5 aromatic rings. The third-order valence-corrected chi connectivity index (χ3v) is 4.98. The molecule has 0 bridgehead atoms. The maximum absolute atomic E-state index is 5.05. The number of aromatic nitrogens is 3. The monoisotopic (exact) mass is 349 g/mol. The summed E-state index contributed by atoms with van der Waals surface area (Å²) < 4.78 is 2.09. The number of pyridine rings is 1. The minimum absolute atomic E-state index is 0.738. The molecule has 0 fully saturated rings. The zero-order chi connectivity index (χ0) is 18.2. The summed E-state index contributed by atoms with van der Waals surface area (Å²) in [5, 5.41) is 7.17. The van der Waals surface area contributed by atoms with Gasteiger partial charge in [-0.1, -0.05) is 84.9 Å². The lowest BCUT2D eigenvalue weighted by atomic mass is 10.0. The molecule has 0 aliphatic heterocycles. The molecule has 0 unspecified atom stereocenters. The number of hydrogen-bond donors (Lipinski definition) is 0. The van der Waals surface area contributed by atoms with Crippen molar-refractivity contribution in [2.75, 3.05) is 0 Å². The molecule has 2 aromatic heterocycles. The fourth-order valence-electron chi connectivity index (χ4n) is 3.73. The van der Waals surface area contributed by atoms with E-state index in [1.807, 2.05) is 19.1 Å². The molecular weight excluding hydrogens is 330 g/mol. The van der Waals surface area contributed by atoms with Crippen LogP contribution in [0, 0.1) is 6.92 Å². The molecule has 3 nitrogen and oxygen atoms in total. The molecule has 0 aliphatic rings. The molecule has 0 N–H and O–H groups in total. The van der Waals surface area contributed by atoms with Gasteiger partial charge < -0.3 is 0 Å². The third-order valence-electron chi connectivity index (χ3n) is 4.98. The van der Waals surface area contributed by atoms with Crippen molar-refractivity contribution in [1.29, 1.82) is 0 Å². The Morgan fingerprint density at radius 3 is 2.11 bits per heavy atom. The zero-order valence-electron chi connectivity index (χ0n) is 15.1. The van der Waals surface area contributed by atoms with E-state index in [9.17, 15) is 0 Å². The number of rotatable bonds is 3. The van der Waals surface area contributed by atoms with Crippen LogP contribution in [0.2, 0.25) is 0 Å². The Kier molecular flexibility index (Phi) is 3.72. The number of aryl methyl sites for hydroxylation is 1. The van der Waals surface area contributed by atoms with E-state index in [1.165, 1.54) is 10.9 Å². The number of benzene rings is 3. The van der Waals surface area contributed by atoms with Crippen molar-refractivity contribution in [3.05, 3.63) is 96.2 Å². The maximum Gasteiger partial charge on any atom is 0.113 e. The van der Waals surface area contributed by atoms with Gasteiger partial charge in [0, 0.05) is 16.3 Å². The van der Waals surface area contributed by atoms with Gasteiger partial charge in [-0.15, -0.1) is 0 Å². The first kappa shape index (κ1) is 15.8. The molecule has 3 aromatic carbocycles. The zero-order valence-corrected chi connectivity index (χ0v) is 15.1. The highest BCUT2D eigenvalue weighted by Gasteiger charge is 2.16. The summed E-state index contributed by atoms with van der Waals surface area (Å²) in [6.45, 7) is 2.78. The molecule has 0 saturated heterocycles. The topological polar surface area (TPSA) is 30.7 Å². The van der Waals surface area contributed by atoms with E-state index >= 15 is 0 Å². The third kappa shape index (κ3) is 2.68. The number of hydrogen-bond acceptors (Lipinski definition) is 2. The fourth-order valence-corrected chi connectivity index (χ4v) is 3.73. The lowest BCUT2D eigenvalue weighted by Crippen LogP contribution is -2.02. The average Bonchev–Trinajstić information content (AvgIpc) is 3.04.